The van der Waals surface area contributed by atoms with Gasteiger partial charge in [0.1, 0.15) is 5.75 Å². The van der Waals surface area contributed by atoms with Crippen LogP contribution in [0.2, 0.25) is 5.02 Å². The van der Waals surface area contributed by atoms with Gasteiger partial charge in [-0.15, -0.1) is 0 Å². The number of amides is 1. The summed E-state index contributed by atoms with van der Waals surface area (Å²) in [7, 11) is 1.00. The van der Waals surface area contributed by atoms with E-state index in [9.17, 15) is 9.90 Å². The maximum atomic E-state index is 11.9. The van der Waals surface area contributed by atoms with E-state index in [0.717, 1.165) is 11.6 Å². The molecule has 0 aliphatic heterocycles. The van der Waals surface area contributed by atoms with Crippen LogP contribution in [0.25, 0.3) is 0 Å². The second-order valence-corrected chi connectivity index (χ2v) is 6.18. The molecule has 0 aliphatic rings. The molecule has 0 heterocycles. The van der Waals surface area contributed by atoms with Crippen LogP contribution in [-0.2, 0) is 0 Å². The van der Waals surface area contributed by atoms with Gasteiger partial charge in [-0.3, -0.25) is 4.79 Å². The Balaban J connectivity index is 0.00000127. The van der Waals surface area contributed by atoms with Gasteiger partial charge in [0.2, 0.25) is 0 Å². The van der Waals surface area contributed by atoms with Gasteiger partial charge in [-0.2, -0.15) is 5.10 Å². The van der Waals surface area contributed by atoms with E-state index in [1.165, 1.54) is 6.21 Å². The molecule has 0 saturated heterocycles. The van der Waals surface area contributed by atoms with E-state index in [0.29, 0.717) is 20.6 Å². The highest BCUT2D eigenvalue weighted by molar-refractivity contribution is 9.11. The van der Waals surface area contributed by atoms with Crippen LogP contribution in [0.3, 0.4) is 0 Å². The largest absolute Gasteiger partial charge is 0.506 e. The van der Waals surface area contributed by atoms with Crippen LogP contribution in [0.15, 0.2) is 50.4 Å². The van der Waals surface area contributed by atoms with Crippen molar-refractivity contribution in [1.29, 1.82) is 0 Å². The molecule has 2 aromatic carbocycles. The lowest BCUT2D eigenvalue weighted by Crippen LogP contribution is -2.17. The van der Waals surface area contributed by atoms with Crippen molar-refractivity contribution < 1.29 is 15.0 Å². The lowest BCUT2D eigenvalue weighted by molar-refractivity contribution is 0.0955. The summed E-state index contributed by atoms with van der Waals surface area (Å²) in [6.45, 7) is 0. The Morgan fingerprint density at radius 1 is 1.26 bits per heavy atom. The molecule has 0 atom stereocenters. The number of carbonyl (C=O) groups excluding carboxylic acids is 1. The maximum absolute atomic E-state index is 11.9. The number of rotatable bonds is 3. The molecule has 0 unspecified atom stereocenters. The number of benzene rings is 2. The molecule has 0 bridgehead atoms. The Kier molecular flexibility index (Phi) is 8.25. The van der Waals surface area contributed by atoms with Gasteiger partial charge in [0.05, 0.1) is 21.3 Å². The zero-order valence-corrected chi connectivity index (χ0v) is 15.9. The van der Waals surface area contributed by atoms with E-state index in [-0.39, 0.29) is 5.75 Å². The predicted molar refractivity (Wildman–Crippen MR) is 98.2 cm³/mol. The van der Waals surface area contributed by atoms with Gasteiger partial charge in [-0.05, 0) is 40.2 Å². The predicted octanol–water partition coefficient (Wildman–Crippen LogP) is 3.94. The number of halogens is 3. The highest BCUT2D eigenvalue weighted by atomic mass is 79.9. The highest BCUT2D eigenvalue weighted by Crippen LogP contribution is 2.30. The number of aliphatic hydroxyl groups excluding tert-OH is 1. The van der Waals surface area contributed by atoms with Crippen LogP contribution in [-0.4, -0.2) is 29.4 Å². The highest BCUT2D eigenvalue weighted by Gasteiger charge is 2.09. The zero-order chi connectivity index (χ0) is 17.4. The third-order valence-corrected chi connectivity index (χ3v) is 3.94. The van der Waals surface area contributed by atoms with Crippen molar-refractivity contribution in [2.24, 2.45) is 5.10 Å². The summed E-state index contributed by atoms with van der Waals surface area (Å²) in [6, 6.07) is 10.0. The quantitative estimate of drug-likeness (QED) is 0.475. The Hall–Kier alpha value is -1.41. The minimum atomic E-state index is -0.426. The Bertz CT molecular complexity index is 724. The fraction of sp³-hybridized carbons (Fsp3) is 0.0667. The molecule has 23 heavy (non-hydrogen) atoms. The topological polar surface area (TPSA) is 81.9 Å². The van der Waals surface area contributed by atoms with E-state index < -0.39 is 5.91 Å². The summed E-state index contributed by atoms with van der Waals surface area (Å²) >= 11 is 12.4. The first-order valence-corrected chi connectivity index (χ1v) is 8.16. The number of hydrogen-bond donors (Lipinski definition) is 3. The van der Waals surface area contributed by atoms with Gasteiger partial charge in [0.25, 0.3) is 5.91 Å². The summed E-state index contributed by atoms with van der Waals surface area (Å²) in [6.07, 6.45) is 1.35. The van der Waals surface area contributed by atoms with Crippen LogP contribution in [0.5, 0.6) is 5.75 Å². The van der Waals surface area contributed by atoms with Crippen LogP contribution in [0.1, 0.15) is 15.9 Å². The summed E-state index contributed by atoms with van der Waals surface area (Å²) in [5.74, 6) is -0.389. The van der Waals surface area contributed by atoms with E-state index in [1.807, 2.05) is 0 Å². The average Bonchev–Trinajstić information content (AvgIpc) is 2.54. The normalized spacial score (nSPS) is 10.1. The molecule has 3 N–H and O–H groups in total. The molecule has 5 nitrogen and oxygen atoms in total. The molecule has 0 spiro atoms. The SMILES string of the molecule is CO.O=C(N/N=C/c1cc(Br)cc(Br)c1O)c1ccccc1Cl. The van der Waals surface area contributed by atoms with Crippen molar-refractivity contribution in [3.05, 3.63) is 61.5 Å². The van der Waals surface area contributed by atoms with Gasteiger partial charge in [0, 0.05) is 17.1 Å². The van der Waals surface area contributed by atoms with Crippen molar-refractivity contribution >= 4 is 55.6 Å². The average molecular weight is 465 g/mol. The van der Waals surface area contributed by atoms with E-state index in [4.69, 9.17) is 16.7 Å². The number of hydrogen-bond acceptors (Lipinski definition) is 4. The third kappa shape index (κ3) is 5.62. The zero-order valence-electron chi connectivity index (χ0n) is 11.9. The summed E-state index contributed by atoms with van der Waals surface area (Å²) in [4.78, 5) is 11.9. The number of nitrogens with one attached hydrogen (secondary N) is 1. The monoisotopic (exact) mass is 462 g/mol. The summed E-state index contributed by atoms with van der Waals surface area (Å²) in [5.41, 5.74) is 3.14. The number of phenols is 1. The molecule has 2 rings (SSSR count). The molecule has 8 heteroatoms. The Morgan fingerprint density at radius 2 is 1.91 bits per heavy atom. The van der Waals surface area contributed by atoms with Gasteiger partial charge in [-0.25, -0.2) is 5.43 Å². The summed E-state index contributed by atoms with van der Waals surface area (Å²) < 4.78 is 1.29. The van der Waals surface area contributed by atoms with Crippen molar-refractivity contribution in [3.8, 4) is 5.75 Å². The van der Waals surface area contributed by atoms with Crippen molar-refractivity contribution in [1.82, 2.24) is 5.43 Å². The lowest BCUT2D eigenvalue weighted by atomic mass is 10.2. The van der Waals surface area contributed by atoms with E-state index in [1.54, 1.807) is 36.4 Å². The molecule has 2 aromatic rings. The first kappa shape index (κ1) is 19.6. The number of aromatic hydroxyl groups is 1. The second kappa shape index (κ2) is 9.67. The molecule has 0 aromatic heterocycles. The number of phenolic OH excluding ortho intramolecular Hbond substituents is 1. The van der Waals surface area contributed by atoms with Crippen LogP contribution >= 0.6 is 43.5 Å². The van der Waals surface area contributed by atoms with Crippen molar-refractivity contribution in [2.75, 3.05) is 7.11 Å². The van der Waals surface area contributed by atoms with E-state index in [2.05, 4.69) is 42.4 Å². The van der Waals surface area contributed by atoms with Crippen LogP contribution in [0, 0.1) is 0 Å². The molecule has 0 saturated carbocycles. The van der Waals surface area contributed by atoms with Gasteiger partial charge < -0.3 is 10.2 Å². The second-order valence-electron chi connectivity index (χ2n) is 4.00. The standard InChI is InChI=1S/C14H9Br2ClN2O2.CH4O/c15-9-5-8(13(20)11(16)6-9)7-18-19-14(21)10-3-1-2-4-12(10)17;1-2/h1-7,20H,(H,19,21);2H,1H3/b18-7+;. The van der Waals surface area contributed by atoms with Crippen LogP contribution in [0.4, 0.5) is 0 Å². The van der Waals surface area contributed by atoms with E-state index >= 15 is 0 Å². The van der Waals surface area contributed by atoms with Gasteiger partial charge in [-0.1, -0.05) is 39.7 Å². The number of aliphatic hydroxyl groups is 1. The van der Waals surface area contributed by atoms with Crippen molar-refractivity contribution in [3.63, 3.8) is 0 Å². The van der Waals surface area contributed by atoms with Gasteiger partial charge in [0.15, 0.2) is 0 Å². The third-order valence-electron chi connectivity index (χ3n) is 2.55. The molecule has 122 valence electrons. The summed E-state index contributed by atoms with van der Waals surface area (Å²) in [5, 5.41) is 21.0. The molecule has 1 amide bonds. The lowest BCUT2D eigenvalue weighted by Gasteiger charge is -2.04. The number of hydrazone groups is 1. The molecular weight excluding hydrogens is 451 g/mol. The molecular formula is C15H13Br2ClN2O3. The van der Waals surface area contributed by atoms with Crippen molar-refractivity contribution in [2.45, 2.75) is 0 Å². The minimum Gasteiger partial charge on any atom is -0.506 e. The molecule has 0 radical (unpaired) electrons. The maximum Gasteiger partial charge on any atom is 0.272 e. The Labute approximate surface area is 155 Å². The fourth-order valence-electron chi connectivity index (χ4n) is 1.55. The van der Waals surface area contributed by atoms with Gasteiger partial charge >= 0.3 is 0 Å². The number of nitrogens with zero attached hydrogens (tertiary/aromatic N) is 1. The first-order valence-electron chi connectivity index (χ1n) is 6.19. The minimum absolute atomic E-state index is 0.0361. The number of carbonyl (C=O) groups is 1. The molecule has 0 aliphatic carbocycles. The molecule has 0 fully saturated rings. The smallest absolute Gasteiger partial charge is 0.272 e. The first-order chi connectivity index (χ1) is 11.0. The van der Waals surface area contributed by atoms with Crippen LogP contribution < -0.4 is 5.43 Å². The Morgan fingerprint density at radius 3 is 2.57 bits per heavy atom. The fourth-order valence-corrected chi connectivity index (χ4v) is 3.03.